The van der Waals surface area contributed by atoms with Crippen molar-refractivity contribution in [2.45, 2.75) is 32.9 Å². The molecule has 0 radical (unpaired) electrons. The van der Waals surface area contributed by atoms with E-state index in [1.165, 1.54) is 0 Å². The lowest BCUT2D eigenvalue weighted by molar-refractivity contribution is 0.0535. The number of hydrogen-bond acceptors (Lipinski definition) is 4. The second-order valence-corrected chi connectivity index (χ2v) is 4.90. The summed E-state index contributed by atoms with van der Waals surface area (Å²) in [4.78, 5) is 23.1. The summed E-state index contributed by atoms with van der Waals surface area (Å²) in [6, 6.07) is 6.16. The monoisotopic (exact) mass is 264 g/mol. The summed E-state index contributed by atoms with van der Waals surface area (Å²) in [5.74, 6) is -0.364. The molecule has 1 amide bonds. The summed E-state index contributed by atoms with van der Waals surface area (Å²) in [6.45, 7) is 5.56. The van der Waals surface area contributed by atoms with Crippen molar-refractivity contribution >= 4 is 11.9 Å². The fourth-order valence-corrected chi connectivity index (χ4v) is 1.82. The van der Waals surface area contributed by atoms with E-state index < -0.39 is 18.2 Å². The number of carbonyl (C=O) groups is 2. The number of ether oxygens (including phenoxy) is 1. The molecule has 0 aliphatic carbocycles. The molecule has 0 saturated carbocycles. The summed E-state index contributed by atoms with van der Waals surface area (Å²) in [7, 11) is 0. The Morgan fingerprint density at radius 1 is 1.16 bits per heavy atom. The van der Waals surface area contributed by atoms with Gasteiger partial charge >= 0.3 is 6.09 Å². The van der Waals surface area contributed by atoms with Crippen LogP contribution in [-0.2, 0) is 4.74 Å². The van der Waals surface area contributed by atoms with E-state index in [0.717, 1.165) is 5.56 Å². The maximum atomic E-state index is 12.2. The van der Waals surface area contributed by atoms with Gasteiger partial charge in [-0.05, 0) is 12.8 Å². The van der Waals surface area contributed by atoms with E-state index in [1.54, 1.807) is 12.1 Å². The number of rotatable bonds is 5. The maximum Gasteiger partial charge on any atom is 0.404 e. The molecular formula is C14H20N2O3. The Morgan fingerprint density at radius 2 is 1.68 bits per heavy atom. The summed E-state index contributed by atoms with van der Waals surface area (Å²) >= 11 is 0. The molecule has 0 saturated heterocycles. The van der Waals surface area contributed by atoms with Crippen LogP contribution in [0.5, 0.6) is 0 Å². The number of benzene rings is 1. The largest absolute Gasteiger partial charge is 0.444 e. The highest BCUT2D eigenvalue weighted by atomic mass is 16.6. The second kappa shape index (κ2) is 6.33. The number of ketones is 1. The average Bonchev–Trinajstić information content (AvgIpc) is 2.34. The molecule has 1 aromatic carbocycles. The van der Waals surface area contributed by atoms with Gasteiger partial charge in [-0.1, -0.05) is 43.7 Å². The Bertz CT molecular complexity index is 454. The molecule has 0 fully saturated rings. The molecule has 0 aliphatic rings. The maximum absolute atomic E-state index is 12.2. The Morgan fingerprint density at radius 3 is 2.11 bits per heavy atom. The van der Waals surface area contributed by atoms with Crippen molar-refractivity contribution in [3.63, 3.8) is 0 Å². The van der Waals surface area contributed by atoms with E-state index in [4.69, 9.17) is 16.2 Å². The Kier molecular flexibility index (Phi) is 5.06. The van der Waals surface area contributed by atoms with Crippen LogP contribution in [0.15, 0.2) is 24.3 Å². The summed E-state index contributed by atoms with van der Waals surface area (Å²) < 4.78 is 4.93. The first-order chi connectivity index (χ1) is 8.82. The van der Waals surface area contributed by atoms with Crippen molar-refractivity contribution in [2.24, 2.45) is 17.4 Å². The van der Waals surface area contributed by atoms with Gasteiger partial charge in [-0.3, -0.25) is 4.79 Å². The molecule has 0 heterocycles. The van der Waals surface area contributed by atoms with E-state index in [1.807, 2.05) is 32.9 Å². The fourth-order valence-electron chi connectivity index (χ4n) is 1.82. The van der Waals surface area contributed by atoms with Crippen LogP contribution in [0.2, 0.25) is 0 Å². The van der Waals surface area contributed by atoms with Gasteiger partial charge in [0, 0.05) is 5.56 Å². The van der Waals surface area contributed by atoms with E-state index in [-0.39, 0.29) is 11.7 Å². The van der Waals surface area contributed by atoms with Crippen LogP contribution < -0.4 is 11.5 Å². The first kappa shape index (κ1) is 15.2. The number of carbonyl (C=O) groups excluding carboxylic acids is 2. The Hall–Kier alpha value is -1.88. The van der Waals surface area contributed by atoms with Crippen LogP contribution in [0, 0.1) is 12.8 Å². The van der Waals surface area contributed by atoms with Crippen molar-refractivity contribution in [2.75, 3.05) is 0 Å². The van der Waals surface area contributed by atoms with Crippen molar-refractivity contribution < 1.29 is 14.3 Å². The van der Waals surface area contributed by atoms with Gasteiger partial charge in [-0.25, -0.2) is 4.79 Å². The van der Waals surface area contributed by atoms with Crippen LogP contribution in [-0.4, -0.2) is 24.0 Å². The Balaban J connectivity index is 2.89. The lowest BCUT2D eigenvalue weighted by Crippen LogP contribution is -2.47. The number of amides is 1. The van der Waals surface area contributed by atoms with Gasteiger partial charge in [0.2, 0.25) is 0 Å². The molecular weight excluding hydrogens is 244 g/mol. The molecule has 2 atom stereocenters. The number of primary amides is 1. The molecule has 4 N–H and O–H groups in total. The van der Waals surface area contributed by atoms with Crippen molar-refractivity contribution in [1.82, 2.24) is 0 Å². The molecule has 19 heavy (non-hydrogen) atoms. The van der Waals surface area contributed by atoms with E-state index in [0.29, 0.717) is 5.56 Å². The highest BCUT2D eigenvalue weighted by Crippen LogP contribution is 2.15. The third-order valence-corrected chi connectivity index (χ3v) is 2.90. The number of Topliss-reactive ketones (excluding diaryl/α,β-unsaturated/α-hetero) is 1. The lowest BCUT2D eigenvalue weighted by Gasteiger charge is -2.25. The average molecular weight is 264 g/mol. The van der Waals surface area contributed by atoms with Crippen LogP contribution in [0.25, 0.3) is 0 Å². The minimum atomic E-state index is -0.925. The highest BCUT2D eigenvalue weighted by molar-refractivity contribution is 6.00. The zero-order valence-corrected chi connectivity index (χ0v) is 11.4. The standard InChI is InChI=1S/C14H20N2O3/c1-8(2)13(19-14(16)18)11(15)12(17)10-6-4-9(3)5-7-10/h4-8,11,13H,15H2,1-3H3,(H2,16,18). The van der Waals surface area contributed by atoms with Crippen LogP contribution >= 0.6 is 0 Å². The molecule has 0 spiro atoms. The molecule has 1 aromatic rings. The van der Waals surface area contributed by atoms with E-state index in [2.05, 4.69) is 0 Å². The zero-order chi connectivity index (χ0) is 14.6. The van der Waals surface area contributed by atoms with Crippen LogP contribution in [0.1, 0.15) is 29.8 Å². The van der Waals surface area contributed by atoms with Crippen molar-refractivity contribution in [3.8, 4) is 0 Å². The van der Waals surface area contributed by atoms with E-state index in [9.17, 15) is 9.59 Å². The normalized spacial score (nSPS) is 13.9. The molecule has 0 aliphatic heterocycles. The molecule has 0 aromatic heterocycles. The quantitative estimate of drug-likeness (QED) is 0.790. The van der Waals surface area contributed by atoms with E-state index >= 15 is 0 Å². The van der Waals surface area contributed by atoms with Gasteiger partial charge in [0.25, 0.3) is 0 Å². The molecule has 104 valence electrons. The zero-order valence-electron chi connectivity index (χ0n) is 11.4. The fraction of sp³-hybridized carbons (Fsp3) is 0.429. The van der Waals surface area contributed by atoms with Gasteiger partial charge in [-0.15, -0.1) is 0 Å². The van der Waals surface area contributed by atoms with Crippen molar-refractivity contribution in [1.29, 1.82) is 0 Å². The number of nitrogens with two attached hydrogens (primary N) is 2. The third-order valence-electron chi connectivity index (χ3n) is 2.90. The van der Waals surface area contributed by atoms with Gasteiger partial charge < -0.3 is 16.2 Å². The first-order valence-electron chi connectivity index (χ1n) is 6.15. The smallest absolute Gasteiger partial charge is 0.404 e. The summed E-state index contributed by atoms with van der Waals surface area (Å²) in [5.41, 5.74) is 12.4. The molecule has 1 rings (SSSR count). The SMILES string of the molecule is Cc1ccc(C(=O)C(N)C(OC(N)=O)C(C)C)cc1. The number of hydrogen-bond donors (Lipinski definition) is 2. The summed E-state index contributed by atoms with van der Waals surface area (Å²) in [5, 5.41) is 0. The van der Waals surface area contributed by atoms with Crippen LogP contribution in [0.4, 0.5) is 4.79 Å². The van der Waals surface area contributed by atoms with Gasteiger partial charge in [0.15, 0.2) is 5.78 Å². The first-order valence-corrected chi connectivity index (χ1v) is 6.15. The molecule has 2 unspecified atom stereocenters. The predicted molar refractivity (Wildman–Crippen MR) is 72.8 cm³/mol. The van der Waals surface area contributed by atoms with Crippen molar-refractivity contribution in [3.05, 3.63) is 35.4 Å². The minimum Gasteiger partial charge on any atom is -0.444 e. The molecule has 0 bridgehead atoms. The molecule has 5 heteroatoms. The topological polar surface area (TPSA) is 95.4 Å². The van der Waals surface area contributed by atoms with Crippen LogP contribution in [0.3, 0.4) is 0 Å². The lowest BCUT2D eigenvalue weighted by atomic mass is 9.93. The predicted octanol–water partition coefficient (Wildman–Crippen LogP) is 1.62. The Labute approximate surface area is 112 Å². The number of aryl methyl sites for hydroxylation is 1. The van der Waals surface area contributed by atoms with Gasteiger partial charge in [-0.2, -0.15) is 0 Å². The van der Waals surface area contributed by atoms with Gasteiger partial charge in [0.05, 0.1) is 0 Å². The second-order valence-electron chi connectivity index (χ2n) is 4.90. The third kappa shape index (κ3) is 4.06. The molecule has 5 nitrogen and oxygen atoms in total. The van der Waals surface area contributed by atoms with Gasteiger partial charge in [0.1, 0.15) is 12.1 Å². The highest BCUT2D eigenvalue weighted by Gasteiger charge is 2.30. The minimum absolute atomic E-state index is 0.100. The summed E-state index contributed by atoms with van der Waals surface area (Å²) in [6.07, 6.45) is -1.66.